The Balaban J connectivity index is 2.16. The first-order valence-electron chi connectivity index (χ1n) is 6.91. The second-order valence-corrected chi connectivity index (χ2v) is 6.20. The summed E-state index contributed by atoms with van der Waals surface area (Å²) in [6.07, 6.45) is 8.87. The molecule has 92 valence electrons. The summed E-state index contributed by atoms with van der Waals surface area (Å²) in [6, 6.07) is 0. The van der Waals surface area contributed by atoms with Crippen LogP contribution in [0.25, 0.3) is 0 Å². The molecule has 1 heteroatoms. The third kappa shape index (κ3) is 1.84. The summed E-state index contributed by atoms with van der Waals surface area (Å²) in [5.74, 6) is 2.33. The van der Waals surface area contributed by atoms with E-state index in [-0.39, 0.29) is 0 Å². The highest BCUT2D eigenvalue weighted by molar-refractivity contribution is 5.25. The van der Waals surface area contributed by atoms with Gasteiger partial charge >= 0.3 is 0 Å². The molecule has 0 spiro atoms. The molecule has 0 heterocycles. The smallest absolute Gasteiger partial charge is 0.0436 e. The molecule has 2 rings (SSSR count). The molecular weight excluding hydrogens is 196 g/mol. The van der Waals surface area contributed by atoms with Crippen LogP contribution in [-0.2, 0) is 0 Å². The van der Waals surface area contributed by atoms with Crippen LogP contribution < -0.4 is 0 Å². The van der Waals surface area contributed by atoms with E-state index in [1.165, 1.54) is 25.7 Å². The molecule has 0 bridgehead atoms. The highest BCUT2D eigenvalue weighted by atomic mass is 16.3. The Morgan fingerprint density at radius 3 is 3.00 bits per heavy atom. The normalized spacial score (nSPS) is 40.4. The fraction of sp³-hybridized carbons (Fsp3) is 0.867. The lowest BCUT2D eigenvalue weighted by molar-refractivity contribution is 0.108. The van der Waals surface area contributed by atoms with E-state index in [1.54, 1.807) is 5.57 Å². The molecule has 0 aromatic heterocycles. The molecule has 0 radical (unpaired) electrons. The van der Waals surface area contributed by atoms with Crippen molar-refractivity contribution in [2.45, 2.75) is 52.9 Å². The molecular formula is C15H26O. The minimum atomic E-state index is 0.328. The number of hydrogen-bond acceptors (Lipinski definition) is 1. The average Bonchev–Trinajstić information content (AvgIpc) is 2.57. The topological polar surface area (TPSA) is 20.2 Å². The number of aliphatic hydroxyl groups is 1. The van der Waals surface area contributed by atoms with E-state index in [2.05, 4.69) is 26.8 Å². The van der Waals surface area contributed by atoms with Crippen molar-refractivity contribution in [3.8, 4) is 0 Å². The van der Waals surface area contributed by atoms with Crippen LogP contribution in [-0.4, -0.2) is 11.7 Å². The van der Waals surface area contributed by atoms with Gasteiger partial charge in [0.05, 0.1) is 0 Å². The van der Waals surface area contributed by atoms with Crippen molar-refractivity contribution in [1.29, 1.82) is 0 Å². The third-order valence-electron chi connectivity index (χ3n) is 5.21. The van der Waals surface area contributed by atoms with Crippen LogP contribution in [0.4, 0.5) is 0 Å². The monoisotopic (exact) mass is 222 g/mol. The van der Waals surface area contributed by atoms with Crippen LogP contribution in [0.2, 0.25) is 0 Å². The van der Waals surface area contributed by atoms with Crippen LogP contribution >= 0.6 is 0 Å². The Labute approximate surface area is 99.9 Å². The highest BCUT2D eigenvalue weighted by Crippen LogP contribution is 2.56. The predicted octanol–water partition coefficient (Wildman–Crippen LogP) is 3.78. The fourth-order valence-electron chi connectivity index (χ4n) is 4.26. The van der Waals surface area contributed by atoms with Crippen LogP contribution in [0.3, 0.4) is 0 Å². The Hall–Kier alpha value is -0.300. The molecule has 1 N–H and O–H groups in total. The lowest BCUT2D eigenvalue weighted by Crippen LogP contribution is -2.35. The molecule has 2 aliphatic rings. The van der Waals surface area contributed by atoms with Crippen molar-refractivity contribution in [2.75, 3.05) is 6.61 Å². The standard InChI is InChI=1S/C15H26O/c1-11-5-4-9-15(3)13(11)6-7-14(15)12(2)8-10-16/h7,11-13,16H,4-6,8-10H2,1-3H3/t11-,12+,13-,15-/m0/s1. The summed E-state index contributed by atoms with van der Waals surface area (Å²) in [4.78, 5) is 0. The number of allylic oxidation sites excluding steroid dienone is 2. The highest BCUT2D eigenvalue weighted by Gasteiger charge is 2.46. The lowest BCUT2D eigenvalue weighted by Gasteiger charge is -2.44. The quantitative estimate of drug-likeness (QED) is 0.721. The van der Waals surface area contributed by atoms with Crippen LogP contribution in [0.1, 0.15) is 52.9 Å². The molecule has 2 aliphatic carbocycles. The first-order valence-corrected chi connectivity index (χ1v) is 6.91. The third-order valence-corrected chi connectivity index (χ3v) is 5.21. The van der Waals surface area contributed by atoms with Gasteiger partial charge < -0.3 is 5.11 Å². The van der Waals surface area contributed by atoms with E-state index in [9.17, 15) is 0 Å². The summed E-state index contributed by atoms with van der Waals surface area (Å²) in [6.45, 7) is 7.51. The summed E-state index contributed by atoms with van der Waals surface area (Å²) in [7, 11) is 0. The molecule has 0 aromatic carbocycles. The van der Waals surface area contributed by atoms with E-state index in [1.807, 2.05) is 0 Å². The first kappa shape index (κ1) is 12.2. The van der Waals surface area contributed by atoms with Gasteiger partial charge in [-0.05, 0) is 42.4 Å². The van der Waals surface area contributed by atoms with Crippen LogP contribution in [0.5, 0.6) is 0 Å². The zero-order valence-electron chi connectivity index (χ0n) is 11.0. The van der Waals surface area contributed by atoms with Gasteiger partial charge in [0, 0.05) is 6.61 Å². The van der Waals surface area contributed by atoms with Gasteiger partial charge in [0.15, 0.2) is 0 Å². The number of hydrogen-bond donors (Lipinski definition) is 1. The predicted molar refractivity (Wildman–Crippen MR) is 68.2 cm³/mol. The van der Waals surface area contributed by atoms with E-state index >= 15 is 0 Å². The molecule has 0 amide bonds. The van der Waals surface area contributed by atoms with Gasteiger partial charge in [-0.3, -0.25) is 0 Å². The Kier molecular flexibility index (Phi) is 3.44. The van der Waals surface area contributed by atoms with Crippen molar-refractivity contribution in [1.82, 2.24) is 0 Å². The SMILES string of the molecule is C[C@H](CCO)C1=CC[C@H]2[C@@H](C)CCC[C@]12C. The van der Waals surface area contributed by atoms with Crippen molar-refractivity contribution >= 4 is 0 Å². The molecule has 1 fully saturated rings. The summed E-state index contributed by atoms with van der Waals surface area (Å²) < 4.78 is 0. The number of fused-ring (bicyclic) bond motifs is 1. The minimum Gasteiger partial charge on any atom is -0.396 e. The lowest BCUT2D eigenvalue weighted by atomic mass is 9.60. The van der Waals surface area contributed by atoms with Crippen LogP contribution in [0.15, 0.2) is 11.6 Å². The average molecular weight is 222 g/mol. The molecule has 0 saturated heterocycles. The summed E-state index contributed by atoms with van der Waals surface area (Å²) in [5, 5.41) is 9.10. The molecule has 1 saturated carbocycles. The number of rotatable bonds is 3. The maximum atomic E-state index is 9.10. The molecule has 0 aromatic rings. The van der Waals surface area contributed by atoms with Gasteiger partial charge in [-0.2, -0.15) is 0 Å². The van der Waals surface area contributed by atoms with Crippen molar-refractivity contribution in [2.24, 2.45) is 23.2 Å². The van der Waals surface area contributed by atoms with E-state index in [0.29, 0.717) is 17.9 Å². The fourth-order valence-corrected chi connectivity index (χ4v) is 4.26. The van der Waals surface area contributed by atoms with Gasteiger partial charge in [0.1, 0.15) is 0 Å². The van der Waals surface area contributed by atoms with Crippen molar-refractivity contribution in [3.63, 3.8) is 0 Å². The van der Waals surface area contributed by atoms with Gasteiger partial charge in [-0.15, -0.1) is 0 Å². The molecule has 0 aliphatic heterocycles. The van der Waals surface area contributed by atoms with Gasteiger partial charge in [0.2, 0.25) is 0 Å². The maximum absolute atomic E-state index is 9.10. The summed E-state index contributed by atoms with van der Waals surface area (Å²) in [5.41, 5.74) is 2.10. The van der Waals surface area contributed by atoms with Crippen molar-refractivity contribution in [3.05, 3.63) is 11.6 Å². The van der Waals surface area contributed by atoms with E-state index in [0.717, 1.165) is 18.3 Å². The molecule has 16 heavy (non-hydrogen) atoms. The van der Waals surface area contributed by atoms with Gasteiger partial charge in [0.25, 0.3) is 0 Å². The second kappa shape index (κ2) is 4.52. The maximum Gasteiger partial charge on any atom is 0.0436 e. The minimum absolute atomic E-state index is 0.328. The molecule has 4 atom stereocenters. The van der Waals surface area contributed by atoms with E-state index < -0.39 is 0 Å². The van der Waals surface area contributed by atoms with Gasteiger partial charge in [-0.25, -0.2) is 0 Å². The largest absolute Gasteiger partial charge is 0.396 e. The number of aliphatic hydroxyl groups excluding tert-OH is 1. The van der Waals surface area contributed by atoms with Gasteiger partial charge in [-0.1, -0.05) is 45.3 Å². The van der Waals surface area contributed by atoms with Crippen LogP contribution in [0, 0.1) is 23.2 Å². The Morgan fingerprint density at radius 1 is 1.56 bits per heavy atom. The zero-order valence-corrected chi connectivity index (χ0v) is 11.0. The van der Waals surface area contributed by atoms with E-state index in [4.69, 9.17) is 5.11 Å². The summed E-state index contributed by atoms with van der Waals surface area (Å²) >= 11 is 0. The molecule has 0 unspecified atom stereocenters. The molecule has 1 nitrogen and oxygen atoms in total. The zero-order chi connectivity index (χ0) is 11.8. The van der Waals surface area contributed by atoms with Crippen molar-refractivity contribution < 1.29 is 5.11 Å². The second-order valence-electron chi connectivity index (χ2n) is 6.20. The Bertz CT molecular complexity index is 281. The Morgan fingerprint density at radius 2 is 2.31 bits per heavy atom. The first-order chi connectivity index (χ1) is 7.59.